The minimum absolute atomic E-state index is 0.0152. The number of thioether (sulfide) groups is 1. The van der Waals surface area contributed by atoms with E-state index in [-0.39, 0.29) is 30.3 Å². The molecule has 0 aliphatic carbocycles. The van der Waals surface area contributed by atoms with Crippen molar-refractivity contribution >= 4 is 51.0 Å². The van der Waals surface area contributed by atoms with Crippen LogP contribution in [0.2, 0.25) is 0 Å². The SMILES string of the molecule is CCOC(=O)C(CC1Cc2c(sc3cc(F)ccc3c2=O)S1)(NC(C)=O)C(=O)OCC. The molecule has 1 aromatic heterocycles. The first-order chi connectivity index (χ1) is 14.7. The Morgan fingerprint density at radius 2 is 1.84 bits per heavy atom. The van der Waals surface area contributed by atoms with E-state index < -0.39 is 29.2 Å². The van der Waals surface area contributed by atoms with E-state index in [1.807, 2.05) is 0 Å². The zero-order valence-electron chi connectivity index (χ0n) is 17.3. The molecule has 31 heavy (non-hydrogen) atoms. The van der Waals surface area contributed by atoms with Gasteiger partial charge >= 0.3 is 11.9 Å². The standard InChI is InChI=1S/C21H22FNO6S2/c1-4-28-19(26)21(23-11(3)24,20(27)29-5-2)10-13-9-15-17(25)14-7-6-12(22)8-16(14)31-18(15)30-13/h6-8,13H,4-5,9-10H2,1-3H3,(H,23,24). The van der Waals surface area contributed by atoms with Crippen molar-refractivity contribution in [2.75, 3.05) is 13.2 Å². The zero-order chi connectivity index (χ0) is 22.8. The van der Waals surface area contributed by atoms with Gasteiger partial charge in [0.1, 0.15) is 5.82 Å². The van der Waals surface area contributed by atoms with Crippen LogP contribution in [-0.4, -0.2) is 41.8 Å². The lowest BCUT2D eigenvalue weighted by Crippen LogP contribution is -2.62. The van der Waals surface area contributed by atoms with Crippen molar-refractivity contribution in [2.45, 2.75) is 48.6 Å². The summed E-state index contributed by atoms with van der Waals surface area (Å²) in [6.45, 7) is 4.42. The molecular weight excluding hydrogens is 445 g/mol. The van der Waals surface area contributed by atoms with Crippen LogP contribution in [0.4, 0.5) is 4.39 Å². The van der Waals surface area contributed by atoms with Crippen molar-refractivity contribution in [3.8, 4) is 0 Å². The molecule has 1 aromatic carbocycles. The van der Waals surface area contributed by atoms with Gasteiger partial charge in [-0.2, -0.15) is 0 Å². The number of ether oxygens (including phenoxy) is 2. The summed E-state index contributed by atoms with van der Waals surface area (Å²) in [5.74, 6) is -2.83. The molecule has 2 aromatic rings. The van der Waals surface area contributed by atoms with E-state index >= 15 is 0 Å². The second-order valence-electron chi connectivity index (χ2n) is 7.01. The number of carbonyl (C=O) groups is 3. The van der Waals surface area contributed by atoms with Gasteiger partial charge in [0.15, 0.2) is 5.43 Å². The highest BCUT2D eigenvalue weighted by molar-refractivity contribution is 8.02. The number of fused-ring (bicyclic) bond motifs is 2. The lowest BCUT2D eigenvalue weighted by Gasteiger charge is -2.31. The maximum Gasteiger partial charge on any atom is 0.343 e. The van der Waals surface area contributed by atoms with E-state index in [1.54, 1.807) is 13.8 Å². The molecule has 10 heteroatoms. The van der Waals surface area contributed by atoms with Gasteiger partial charge in [-0.3, -0.25) is 9.59 Å². The Bertz CT molecular complexity index is 1080. The Morgan fingerprint density at radius 3 is 2.42 bits per heavy atom. The molecule has 1 aliphatic rings. The Balaban J connectivity index is 1.98. The fourth-order valence-electron chi connectivity index (χ4n) is 3.54. The Morgan fingerprint density at radius 1 is 1.19 bits per heavy atom. The molecule has 0 spiro atoms. The third kappa shape index (κ3) is 4.59. The molecule has 0 saturated carbocycles. The van der Waals surface area contributed by atoms with Crippen LogP contribution in [0.25, 0.3) is 10.1 Å². The fraction of sp³-hybridized carbons (Fsp3) is 0.429. The van der Waals surface area contributed by atoms with Gasteiger partial charge in [0.05, 0.1) is 17.4 Å². The van der Waals surface area contributed by atoms with Crippen molar-refractivity contribution in [1.29, 1.82) is 0 Å². The summed E-state index contributed by atoms with van der Waals surface area (Å²) < 4.78 is 25.1. The minimum atomic E-state index is -2.02. The smallest absolute Gasteiger partial charge is 0.343 e. The van der Waals surface area contributed by atoms with Gasteiger partial charge in [-0.15, -0.1) is 23.1 Å². The van der Waals surface area contributed by atoms with E-state index in [0.29, 0.717) is 26.3 Å². The molecule has 1 amide bonds. The van der Waals surface area contributed by atoms with Crippen LogP contribution < -0.4 is 10.7 Å². The van der Waals surface area contributed by atoms with Crippen LogP contribution in [-0.2, 0) is 30.3 Å². The largest absolute Gasteiger partial charge is 0.464 e. The fourth-order valence-corrected chi connectivity index (χ4v) is 6.56. The molecule has 0 bridgehead atoms. The molecule has 166 valence electrons. The topological polar surface area (TPSA) is 98.8 Å². The predicted molar refractivity (Wildman–Crippen MR) is 116 cm³/mol. The maximum absolute atomic E-state index is 13.6. The van der Waals surface area contributed by atoms with Crippen LogP contribution >= 0.6 is 23.1 Å². The average Bonchev–Trinajstić information content (AvgIpc) is 3.09. The minimum Gasteiger partial charge on any atom is -0.464 e. The summed E-state index contributed by atoms with van der Waals surface area (Å²) >= 11 is 2.61. The van der Waals surface area contributed by atoms with E-state index in [0.717, 1.165) is 0 Å². The molecule has 0 radical (unpaired) electrons. The van der Waals surface area contributed by atoms with E-state index in [2.05, 4.69) is 5.32 Å². The second-order valence-corrected chi connectivity index (χ2v) is 9.63. The summed E-state index contributed by atoms with van der Waals surface area (Å²) in [6.07, 6.45) is 0.184. The van der Waals surface area contributed by atoms with Crippen LogP contribution in [0.5, 0.6) is 0 Å². The van der Waals surface area contributed by atoms with Crippen molar-refractivity contribution < 1.29 is 28.2 Å². The van der Waals surface area contributed by atoms with Gasteiger partial charge in [-0.1, -0.05) is 0 Å². The highest BCUT2D eigenvalue weighted by Gasteiger charge is 2.52. The Kier molecular flexibility index (Phi) is 7.00. The number of hydrogen-bond donors (Lipinski definition) is 1. The van der Waals surface area contributed by atoms with Crippen LogP contribution in [0.3, 0.4) is 0 Å². The highest BCUT2D eigenvalue weighted by atomic mass is 32.2. The van der Waals surface area contributed by atoms with Crippen molar-refractivity contribution in [2.24, 2.45) is 0 Å². The molecule has 1 unspecified atom stereocenters. The zero-order valence-corrected chi connectivity index (χ0v) is 18.9. The third-order valence-electron chi connectivity index (χ3n) is 4.79. The lowest BCUT2D eigenvalue weighted by molar-refractivity contribution is -0.168. The first kappa shape index (κ1) is 23.2. The van der Waals surface area contributed by atoms with Gasteiger partial charge in [0.25, 0.3) is 0 Å². The van der Waals surface area contributed by atoms with Crippen LogP contribution in [0.15, 0.2) is 27.2 Å². The molecule has 1 N–H and O–H groups in total. The van der Waals surface area contributed by atoms with E-state index in [1.165, 1.54) is 48.2 Å². The number of nitrogens with one attached hydrogen (secondary N) is 1. The van der Waals surface area contributed by atoms with Crippen molar-refractivity contribution in [3.63, 3.8) is 0 Å². The molecule has 7 nitrogen and oxygen atoms in total. The van der Waals surface area contributed by atoms with E-state index in [4.69, 9.17) is 9.47 Å². The summed E-state index contributed by atoms with van der Waals surface area (Å²) in [4.78, 5) is 50.5. The third-order valence-corrected chi connectivity index (χ3v) is 7.44. The number of amides is 1. The molecule has 3 rings (SSSR count). The highest BCUT2D eigenvalue weighted by Crippen LogP contribution is 2.43. The van der Waals surface area contributed by atoms with Gasteiger partial charge in [-0.25, -0.2) is 14.0 Å². The van der Waals surface area contributed by atoms with Crippen LogP contribution in [0.1, 0.15) is 32.8 Å². The lowest BCUT2D eigenvalue weighted by atomic mass is 9.90. The molecular formula is C21H22FNO6S2. The molecule has 0 saturated heterocycles. The van der Waals surface area contributed by atoms with Crippen molar-refractivity contribution in [1.82, 2.24) is 5.32 Å². The summed E-state index contributed by atoms with van der Waals surface area (Å²) in [7, 11) is 0. The first-order valence-corrected chi connectivity index (χ1v) is 11.5. The molecule has 2 heterocycles. The second kappa shape index (κ2) is 9.35. The number of halogens is 1. The average molecular weight is 468 g/mol. The molecule has 1 atom stereocenters. The quantitative estimate of drug-likeness (QED) is 0.494. The Hall–Kier alpha value is -2.46. The normalized spacial score (nSPS) is 15.4. The monoisotopic (exact) mass is 467 g/mol. The number of benzene rings is 1. The summed E-state index contributed by atoms with van der Waals surface area (Å²) in [6, 6.07) is 4.01. The van der Waals surface area contributed by atoms with Gasteiger partial charge in [0.2, 0.25) is 11.4 Å². The number of hydrogen-bond acceptors (Lipinski definition) is 8. The number of esters is 2. The molecule has 1 aliphatic heterocycles. The number of carbonyl (C=O) groups excluding carboxylic acids is 3. The van der Waals surface area contributed by atoms with Gasteiger partial charge in [-0.05, 0) is 38.5 Å². The van der Waals surface area contributed by atoms with E-state index in [9.17, 15) is 23.6 Å². The summed E-state index contributed by atoms with van der Waals surface area (Å²) in [5, 5.41) is 2.50. The van der Waals surface area contributed by atoms with Crippen LogP contribution in [0, 0.1) is 5.82 Å². The van der Waals surface area contributed by atoms with Gasteiger partial charge in [0, 0.05) is 34.2 Å². The Labute approximate surface area is 186 Å². The molecule has 0 fully saturated rings. The number of rotatable bonds is 7. The van der Waals surface area contributed by atoms with Gasteiger partial charge < -0.3 is 14.8 Å². The summed E-state index contributed by atoms with van der Waals surface area (Å²) in [5.41, 5.74) is -1.66. The first-order valence-electron chi connectivity index (χ1n) is 9.77. The predicted octanol–water partition coefficient (Wildman–Crippen LogP) is 2.81. The van der Waals surface area contributed by atoms with Crippen molar-refractivity contribution in [3.05, 3.63) is 39.8 Å². The maximum atomic E-state index is 13.6.